The molecule has 2 N–H and O–H groups in total. The van der Waals surface area contributed by atoms with Gasteiger partial charge < -0.3 is 14.9 Å². The third-order valence-corrected chi connectivity index (χ3v) is 5.94. The Morgan fingerprint density at radius 1 is 0.706 bits per heavy atom. The lowest BCUT2D eigenvalue weighted by molar-refractivity contribution is 0.412. The van der Waals surface area contributed by atoms with Crippen molar-refractivity contribution in [2.45, 2.75) is 39.0 Å². The molecule has 0 unspecified atom stereocenters. The molecule has 0 radical (unpaired) electrons. The number of hydrogen-bond donors (Lipinski definition) is 2. The predicted molar refractivity (Wildman–Crippen MR) is 136 cm³/mol. The Kier molecular flexibility index (Phi) is 7.43. The molecule has 2 heterocycles. The minimum atomic E-state index is 0.132. The molecule has 0 bridgehead atoms. The largest absolute Gasteiger partial charge is 0.507 e. The van der Waals surface area contributed by atoms with E-state index in [1.165, 1.54) is 19.3 Å². The van der Waals surface area contributed by atoms with E-state index >= 15 is 0 Å². The summed E-state index contributed by atoms with van der Waals surface area (Å²) in [5, 5.41) is 21.3. The molecule has 0 aliphatic heterocycles. The lowest BCUT2D eigenvalue weighted by Crippen LogP contribution is -1.94. The average Bonchev–Trinajstić information content (AvgIpc) is 2.88. The molecule has 0 saturated carbocycles. The summed E-state index contributed by atoms with van der Waals surface area (Å²) in [6, 6.07) is 22.3. The number of unbranched alkanes of at least 4 members (excludes halogenated alkanes) is 3. The van der Waals surface area contributed by atoms with Crippen LogP contribution in [0.5, 0.6) is 17.2 Å². The summed E-state index contributed by atoms with van der Waals surface area (Å²) in [5.41, 5.74) is 4.95. The number of aromatic nitrogens is 2. The highest BCUT2D eigenvalue weighted by Gasteiger charge is 2.13. The maximum atomic E-state index is 10.9. The van der Waals surface area contributed by atoms with Gasteiger partial charge in [0, 0.05) is 11.1 Å². The number of phenolic OH excluding ortho intramolecular Hbond substituents is 2. The van der Waals surface area contributed by atoms with Crippen LogP contribution < -0.4 is 4.74 Å². The number of methoxy groups -OCH3 is 1. The molecule has 5 nitrogen and oxygen atoms in total. The molecule has 0 spiro atoms. The van der Waals surface area contributed by atoms with E-state index in [0.717, 1.165) is 24.0 Å². The average molecular weight is 455 g/mol. The standard InChI is InChI=1S/C29H30N2O3/c1-3-4-5-6-10-20-11-7-12-22(29(20)33)24-13-8-15-26(30-24)27-16-9-14-25(31-27)23-19-21(34-2)17-18-28(23)32/h7-9,11-19,32-33H,3-6,10H2,1-2H3. The van der Waals surface area contributed by atoms with Crippen molar-refractivity contribution in [2.24, 2.45) is 0 Å². The van der Waals surface area contributed by atoms with E-state index in [0.29, 0.717) is 39.8 Å². The number of pyridine rings is 2. The van der Waals surface area contributed by atoms with Gasteiger partial charge in [0.2, 0.25) is 0 Å². The Morgan fingerprint density at radius 2 is 1.35 bits per heavy atom. The van der Waals surface area contributed by atoms with Gasteiger partial charge in [0.1, 0.15) is 17.2 Å². The van der Waals surface area contributed by atoms with Gasteiger partial charge in [0.25, 0.3) is 0 Å². The van der Waals surface area contributed by atoms with Gasteiger partial charge in [0.05, 0.1) is 29.9 Å². The van der Waals surface area contributed by atoms with Gasteiger partial charge in [0.15, 0.2) is 0 Å². The van der Waals surface area contributed by atoms with E-state index in [1.54, 1.807) is 25.3 Å². The van der Waals surface area contributed by atoms with Crippen molar-refractivity contribution < 1.29 is 14.9 Å². The van der Waals surface area contributed by atoms with Gasteiger partial charge in [-0.25, -0.2) is 9.97 Å². The topological polar surface area (TPSA) is 75.5 Å². The molecule has 2 aromatic carbocycles. The van der Waals surface area contributed by atoms with Crippen LogP contribution >= 0.6 is 0 Å². The number of aryl methyl sites for hydroxylation is 1. The van der Waals surface area contributed by atoms with Gasteiger partial charge in [-0.2, -0.15) is 0 Å². The number of para-hydroxylation sites is 1. The molecule has 0 atom stereocenters. The number of benzene rings is 2. The van der Waals surface area contributed by atoms with Crippen LogP contribution in [0.25, 0.3) is 33.9 Å². The van der Waals surface area contributed by atoms with Gasteiger partial charge in [-0.1, -0.05) is 50.5 Å². The molecule has 0 aliphatic rings. The van der Waals surface area contributed by atoms with Crippen LogP contribution in [0.15, 0.2) is 72.8 Å². The van der Waals surface area contributed by atoms with Crippen molar-refractivity contribution in [1.82, 2.24) is 9.97 Å². The molecule has 2 aromatic heterocycles. The number of nitrogens with zero attached hydrogens (tertiary/aromatic N) is 2. The Balaban J connectivity index is 1.65. The fraction of sp³-hybridized carbons (Fsp3) is 0.241. The van der Waals surface area contributed by atoms with Crippen molar-refractivity contribution in [3.8, 4) is 51.2 Å². The Labute approximate surface area is 200 Å². The zero-order chi connectivity index (χ0) is 23.9. The lowest BCUT2D eigenvalue weighted by atomic mass is 10.0. The minimum Gasteiger partial charge on any atom is -0.507 e. The van der Waals surface area contributed by atoms with Gasteiger partial charge in [-0.3, -0.25) is 0 Å². The van der Waals surface area contributed by atoms with Crippen LogP contribution in [0, 0.1) is 0 Å². The fourth-order valence-electron chi connectivity index (χ4n) is 4.04. The third-order valence-electron chi connectivity index (χ3n) is 5.94. The second kappa shape index (κ2) is 10.8. The molecule has 0 fully saturated rings. The maximum Gasteiger partial charge on any atom is 0.128 e. The Bertz CT molecular complexity index is 1270. The number of rotatable bonds is 9. The van der Waals surface area contributed by atoms with E-state index in [4.69, 9.17) is 14.7 Å². The Morgan fingerprint density at radius 3 is 2.03 bits per heavy atom. The summed E-state index contributed by atoms with van der Waals surface area (Å²) in [6.07, 6.45) is 5.48. The first-order chi connectivity index (χ1) is 16.6. The SMILES string of the molecule is CCCCCCc1cccc(-c2cccc(-c3cccc(-c4cc(OC)ccc4O)n3)n2)c1O. The van der Waals surface area contributed by atoms with Crippen molar-refractivity contribution in [3.63, 3.8) is 0 Å². The monoisotopic (exact) mass is 454 g/mol. The first kappa shape index (κ1) is 23.3. The highest BCUT2D eigenvalue weighted by atomic mass is 16.5. The van der Waals surface area contributed by atoms with Crippen molar-refractivity contribution >= 4 is 0 Å². The summed E-state index contributed by atoms with van der Waals surface area (Å²) in [4.78, 5) is 9.55. The summed E-state index contributed by atoms with van der Waals surface area (Å²) in [7, 11) is 1.59. The van der Waals surface area contributed by atoms with Gasteiger partial charge >= 0.3 is 0 Å². The van der Waals surface area contributed by atoms with E-state index < -0.39 is 0 Å². The number of ether oxygens (including phenoxy) is 1. The maximum absolute atomic E-state index is 10.9. The van der Waals surface area contributed by atoms with Crippen molar-refractivity contribution in [3.05, 3.63) is 78.4 Å². The van der Waals surface area contributed by atoms with Crippen LogP contribution in [0.1, 0.15) is 38.2 Å². The van der Waals surface area contributed by atoms with Crippen LogP contribution in [0.3, 0.4) is 0 Å². The second-order valence-corrected chi connectivity index (χ2v) is 8.32. The normalized spacial score (nSPS) is 10.9. The molecule has 0 saturated heterocycles. The summed E-state index contributed by atoms with van der Waals surface area (Å²) >= 11 is 0. The van der Waals surface area contributed by atoms with Crippen LogP contribution in [0.2, 0.25) is 0 Å². The molecular formula is C29H30N2O3. The smallest absolute Gasteiger partial charge is 0.128 e. The van der Waals surface area contributed by atoms with Crippen LogP contribution in [-0.2, 0) is 6.42 Å². The molecule has 0 amide bonds. The van der Waals surface area contributed by atoms with Gasteiger partial charge in [-0.15, -0.1) is 0 Å². The minimum absolute atomic E-state index is 0.132. The lowest BCUT2D eigenvalue weighted by Gasteiger charge is -2.11. The zero-order valence-corrected chi connectivity index (χ0v) is 19.7. The quantitative estimate of drug-likeness (QED) is 0.266. The molecule has 4 aromatic rings. The predicted octanol–water partition coefficient (Wildman–Crippen LogP) is 7.02. The Hall–Kier alpha value is -3.86. The first-order valence-electron chi connectivity index (χ1n) is 11.7. The highest BCUT2D eigenvalue weighted by molar-refractivity contribution is 5.73. The zero-order valence-electron chi connectivity index (χ0n) is 19.7. The number of hydrogen-bond acceptors (Lipinski definition) is 5. The molecule has 174 valence electrons. The van der Waals surface area contributed by atoms with Gasteiger partial charge in [-0.05, 0) is 66.9 Å². The molecule has 5 heteroatoms. The second-order valence-electron chi connectivity index (χ2n) is 8.32. The molecule has 4 rings (SSSR count). The molecule has 0 aliphatic carbocycles. The van der Waals surface area contributed by atoms with Crippen LogP contribution in [0.4, 0.5) is 0 Å². The highest BCUT2D eigenvalue weighted by Crippen LogP contribution is 2.35. The van der Waals surface area contributed by atoms with Crippen molar-refractivity contribution in [2.75, 3.05) is 7.11 Å². The molecule has 34 heavy (non-hydrogen) atoms. The third kappa shape index (κ3) is 5.20. The van der Waals surface area contributed by atoms with Crippen LogP contribution in [-0.4, -0.2) is 27.3 Å². The van der Waals surface area contributed by atoms with E-state index in [-0.39, 0.29) is 5.75 Å². The summed E-state index contributed by atoms with van der Waals surface area (Å²) < 4.78 is 5.29. The summed E-state index contributed by atoms with van der Waals surface area (Å²) in [6.45, 7) is 2.20. The first-order valence-corrected chi connectivity index (χ1v) is 11.7. The number of aromatic hydroxyl groups is 2. The fourth-order valence-corrected chi connectivity index (χ4v) is 4.04. The van der Waals surface area contributed by atoms with E-state index in [9.17, 15) is 10.2 Å². The molecular weight excluding hydrogens is 424 g/mol. The van der Waals surface area contributed by atoms with E-state index in [1.807, 2.05) is 54.6 Å². The van der Waals surface area contributed by atoms with Crippen molar-refractivity contribution in [1.29, 1.82) is 0 Å². The summed E-state index contributed by atoms with van der Waals surface area (Å²) in [5.74, 6) is 1.07. The number of phenols is 2. The van der Waals surface area contributed by atoms with E-state index in [2.05, 4.69) is 6.92 Å².